The molecule has 1 aliphatic rings. The molecule has 0 spiro atoms. The van der Waals surface area contributed by atoms with Crippen molar-refractivity contribution in [2.75, 3.05) is 31.6 Å². The Hall–Kier alpha value is -1.06. The first-order chi connectivity index (χ1) is 9.13. The van der Waals surface area contributed by atoms with E-state index in [-0.39, 0.29) is 0 Å². The highest BCUT2D eigenvalue weighted by Gasteiger charge is 2.24. The monoisotopic (exact) mass is 262 g/mol. The van der Waals surface area contributed by atoms with Gasteiger partial charge in [-0.05, 0) is 38.9 Å². The number of rotatable bonds is 5. The number of hydrogen-bond acceptors (Lipinski definition) is 3. The summed E-state index contributed by atoms with van der Waals surface area (Å²) in [6.45, 7) is 7.48. The van der Waals surface area contributed by atoms with E-state index in [0.29, 0.717) is 6.04 Å². The predicted molar refractivity (Wildman–Crippen MR) is 80.6 cm³/mol. The summed E-state index contributed by atoms with van der Waals surface area (Å²) in [5.41, 5.74) is 2.17. The molecule has 1 saturated heterocycles. The fraction of sp³-hybridized carbons (Fsp3) is 0.625. The zero-order chi connectivity index (χ0) is 13.8. The quantitative estimate of drug-likeness (QED) is 0.884. The van der Waals surface area contributed by atoms with Crippen molar-refractivity contribution in [1.29, 1.82) is 0 Å². The van der Waals surface area contributed by atoms with Crippen molar-refractivity contribution in [3.63, 3.8) is 0 Å². The third-order valence-corrected chi connectivity index (χ3v) is 4.19. The molecule has 1 aromatic rings. The van der Waals surface area contributed by atoms with Crippen LogP contribution in [-0.4, -0.2) is 42.7 Å². The summed E-state index contributed by atoms with van der Waals surface area (Å²) >= 11 is 0. The summed E-state index contributed by atoms with van der Waals surface area (Å²) in [5.74, 6) is 0. The van der Waals surface area contributed by atoms with Crippen LogP contribution in [0.15, 0.2) is 24.3 Å². The van der Waals surface area contributed by atoms with E-state index in [4.69, 9.17) is 0 Å². The van der Waals surface area contributed by atoms with Crippen molar-refractivity contribution in [2.45, 2.75) is 38.8 Å². The van der Waals surface area contributed by atoms with Gasteiger partial charge >= 0.3 is 0 Å². The van der Waals surface area contributed by atoms with Crippen LogP contribution < -0.4 is 4.90 Å². The Kier molecular flexibility index (Phi) is 4.83. The molecule has 0 aromatic heterocycles. The van der Waals surface area contributed by atoms with Crippen LogP contribution in [0.3, 0.4) is 0 Å². The highest BCUT2D eigenvalue weighted by atomic mass is 16.3. The lowest BCUT2D eigenvalue weighted by Crippen LogP contribution is -2.39. The second-order valence-corrected chi connectivity index (χ2v) is 5.54. The molecular weight excluding hydrogens is 236 g/mol. The summed E-state index contributed by atoms with van der Waals surface area (Å²) in [6.07, 6.45) is 2.18. The number of anilines is 1. The molecule has 0 radical (unpaired) electrons. The van der Waals surface area contributed by atoms with Crippen molar-refractivity contribution in [3.8, 4) is 0 Å². The maximum absolute atomic E-state index is 9.88. The molecule has 1 unspecified atom stereocenters. The van der Waals surface area contributed by atoms with Crippen LogP contribution in [0.5, 0.6) is 0 Å². The zero-order valence-corrected chi connectivity index (χ0v) is 12.3. The van der Waals surface area contributed by atoms with Crippen LogP contribution in [0.2, 0.25) is 0 Å². The number of benzene rings is 1. The number of aliphatic hydroxyl groups excluding tert-OH is 1. The SMILES string of the molecule is CCN1CCCC1CN(C)c1ccccc1[C@H](C)O. The average molecular weight is 262 g/mol. The highest BCUT2D eigenvalue weighted by molar-refractivity contribution is 5.54. The smallest absolute Gasteiger partial charge is 0.0781 e. The second kappa shape index (κ2) is 6.40. The van der Waals surface area contributed by atoms with Crippen molar-refractivity contribution in [2.24, 2.45) is 0 Å². The first kappa shape index (κ1) is 14.4. The number of aliphatic hydroxyl groups is 1. The first-order valence-electron chi connectivity index (χ1n) is 7.35. The summed E-state index contributed by atoms with van der Waals surface area (Å²) in [7, 11) is 2.13. The van der Waals surface area contributed by atoms with E-state index in [2.05, 4.69) is 29.8 Å². The van der Waals surface area contributed by atoms with E-state index in [1.807, 2.05) is 25.1 Å². The Labute approximate surface area is 116 Å². The van der Waals surface area contributed by atoms with Crippen LogP contribution in [-0.2, 0) is 0 Å². The van der Waals surface area contributed by atoms with Crippen molar-refractivity contribution < 1.29 is 5.11 Å². The summed E-state index contributed by atoms with van der Waals surface area (Å²) in [5, 5.41) is 9.88. The van der Waals surface area contributed by atoms with Crippen molar-refractivity contribution >= 4 is 5.69 Å². The van der Waals surface area contributed by atoms with Gasteiger partial charge in [-0.15, -0.1) is 0 Å². The van der Waals surface area contributed by atoms with Crippen LogP contribution in [0, 0.1) is 0 Å². The molecule has 3 nitrogen and oxygen atoms in total. The molecule has 1 aliphatic heterocycles. The molecule has 0 bridgehead atoms. The van der Waals surface area contributed by atoms with Gasteiger partial charge in [0.05, 0.1) is 6.10 Å². The summed E-state index contributed by atoms with van der Waals surface area (Å²) < 4.78 is 0. The Morgan fingerprint density at radius 3 is 2.84 bits per heavy atom. The lowest BCUT2D eigenvalue weighted by Gasteiger charge is -2.30. The van der Waals surface area contributed by atoms with Crippen LogP contribution >= 0.6 is 0 Å². The first-order valence-corrected chi connectivity index (χ1v) is 7.35. The third kappa shape index (κ3) is 3.28. The lowest BCUT2D eigenvalue weighted by atomic mass is 10.1. The molecule has 1 fully saturated rings. The number of likely N-dealkylation sites (tertiary alicyclic amines) is 1. The van der Waals surface area contributed by atoms with Gasteiger partial charge in [0.2, 0.25) is 0 Å². The topological polar surface area (TPSA) is 26.7 Å². The van der Waals surface area contributed by atoms with E-state index in [1.165, 1.54) is 19.4 Å². The molecule has 0 saturated carbocycles. The van der Waals surface area contributed by atoms with Crippen molar-refractivity contribution in [3.05, 3.63) is 29.8 Å². The molecule has 1 N–H and O–H groups in total. The fourth-order valence-corrected chi connectivity index (χ4v) is 3.12. The van der Waals surface area contributed by atoms with Gasteiger partial charge in [-0.3, -0.25) is 4.90 Å². The Morgan fingerprint density at radius 2 is 2.16 bits per heavy atom. The minimum atomic E-state index is -0.412. The molecule has 19 heavy (non-hydrogen) atoms. The maximum atomic E-state index is 9.88. The summed E-state index contributed by atoms with van der Waals surface area (Å²) in [4.78, 5) is 4.85. The summed E-state index contributed by atoms with van der Waals surface area (Å²) in [6, 6.07) is 8.81. The maximum Gasteiger partial charge on any atom is 0.0781 e. The van der Waals surface area contributed by atoms with Gasteiger partial charge in [-0.1, -0.05) is 25.1 Å². The van der Waals surface area contributed by atoms with Crippen LogP contribution in [0.1, 0.15) is 38.4 Å². The molecule has 106 valence electrons. The number of nitrogens with zero attached hydrogens (tertiary/aromatic N) is 2. The largest absolute Gasteiger partial charge is 0.389 e. The van der Waals surface area contributed by atoms with E-state index in [9.17, 15) is 5.11 Å². The average Bonchev–Trinajstić information content (AvgIpc) is 2.85. The van der Waals surface area contributed by atoms with Gasteiger partial charge in [-0.25, -0.2) is 0 Å². The van der Waals surface area contributed by atoms with E-state index in [1.54, 1.807) is 0 Å². The molecule has 2 atom stereocenters. The predicted octanol–water partition coefficient (Wildman–Crippen LogP) is 2.66. The standard InChI is InChI=1S/C16H26N2O/c1-4-18-11-7-8-14(18)12-17(3)16-10-6-5-9-15(16)13(2)19/h5-6,9-10,13-14,19H,4,7-8,11-12H2,1-3H3/t13-,14?/m0/s1. The van der Waals surface area contributed by atoms with E-state index < -0.39 is 6.10 Å². The molecule has 0 aliphatic carbocycles. The number of hydrogen-bond donors (Lipinski definition) is 1. The van der Waals surface area contributed by atoms with Gasteiger partial charge in [0.25, 0.3) is 0 Å². The Bertz CT molecular complexity index is 405. The number of para-hydroxylation sites is 1. The number of likely N-dealkylation sites (N-methyl/N-ethyl adjacent to an activating group) is 2. The van der Waals surface area contributed by atoms with Gasteiger partial charge in [-0.2, -0.15) is 0 Å². The molecule has 1 aromatic carbocycles. The minimum absolute atomic E-state index is 0.412. The Balaban J connectivity index is 2.09. The minimum Gasteiger partial charge on any atom is -0.389 e. The lowest BCUT2D eigenvalue weighted by molar-refractivity contribution is 0.199. The Morgan fingerprint density at radius 1 is 1.42 bits per heavy atom. The van der Waals surface area contributed by atoms with E-state index >= 15 is 0 Å². The van der Waals surface area contributed by atoms with Gasteiger partial charge in [0.15, 0.2) is 0 Å². The van der Waals surface area contributed by atoms with Gasteiger partial charge < -0.3 is 10.0 Å². The molecular formula is C16H26N2O. The fourth-order valence-electron chi connectivity index (χ4n) is 3.12. The second-order valence-electron chi connectivity index (χ2n) is 5.54. The van der Waals surface area contributed by atoms with Gasteiger partial charge in [0.1, 0.15) is 0 Å². The van der Waals surface area contributed by atoms with Gasteiger partial charge in [0, 0.05) is 30.9 Å². The van der Waals surface area contributed by atoms with E-state index in [0.717, 1.165) is 24.3 Å². The molecule has 2 rings (SSSR count). The highest BCUT2D eigenvalue weighted by Crippen LogP contribution is 2.27. The zero-order valence-electron chi connectivity index (χ0n) is 12.3. The van der Waals surface area contributed by atoms with Crippen LogP contribution in [0.25, 0.3) is 0 Å². The van der Waals surface area contributed by atoms with Crippen LogP contribution in [0.4, 0.5) is 5.69 Å². The normalized spacial score (nSPS) is 21.6. The van der Waals surface area contributed by atoms with Crippen molar-refractivity contribution in [1.82, 2.24) is 4.90 Å². The molecule has 1 heterocycles. The molecule has 0 amide bonds. The third-order valence-electron chi connectivity index (χ3n) is 4.19. The molecule has 3 heteroatoms.